The zero-order valence-electron chi connectivity index (χ0n) is 14.5. The summed E-state index contributed by atoms with van der Waals surface area (Å²) >= 11 is 0. The van der Waals surface area contributed by atoms with Gasteiger partial charge in [-0.2, -0.15) is 5.10 Å². The van der Waals surface area contributed by atoms with E-state index >= 15 is 0 Å². The standard InChI is InChI=1S/C18H16FN3O4S/c1-12-10-17(22(20-12)14-6-4-3-5-7-14)21-27(24,25)16-9-8-13(11-15(16)19)18(23)26-2/h3-11,21H,1-2H3. The molecule has 0 aliphatic rings. The smallest absolute Gasteiger partial charge is 0.337 e. The molecule has 0 aliphatic carbocycles. The first-order valence-corrected chi connectivity index (χ1v) is 9.33. The molecular formula is C18H16FN3O4S. The van der Waals surface area contributed by atoms with Crippen LogP contribution >= 0.6 is 0 Å². The fraction of sp³-hybridized carbons (Fsp3) is 0.111. The van der Waals surface area contributed by atoms with Crippen molar-refractivity contribution in [2.45, 2.75) is 11.8 Å². The first-order chi connectivity index (χ1) is 12.8. The summed E-state index contributed by atoms with van der Waals surface area (Å²) in [7, 11) is -3.10. The number of hydrogen-bond donors (Lipinski definition) is 1. The van der Waals surface area contributed by atoms with Crippen molar-refractivity contribution < 1.29 is 22.3 Å². The van der Waals surface area contributed by atoms with Gasteiger partial charge in [0.2, 0.25) is 0 Å². The fourth-order valence-corrected chi connectivity index (χ4v) is 3.59. The second-order valence-corrected chi connectivity index (χ2v) is 7.31. The Kier molecular flexibility index (Phi) is 4.95. The molecule has 0 fully saturated rings. The number of benzene rings is 2. The number of nitrogens with zero attached hydrogens (tertiary/aromatic N) is 2. The predicted octanol–water partition coefficient (Wildman–Crippen LogP) is 2.91. The van der Waals surface area contributed by atoms with E-state index in [1.165, 1.54) is 16.8 Å². The minimum absolute atomic E-state index is 0.0841. The van der Waals surface area contributed by atoms with Gasteiger partial charge < -0.3 is 4.74 Å². The summed E-state index contributed by atoms with van der Waals surface area (Å²) in [6, 6.07) is 13.5. The van der Waals surface area contributed by atoms with Crippen LogP contribution in [0.3, 0.4) is 0 Å². The Balaban J connectivity index is 1.98. The van der Waals surface area contributed by atoms with Gasteiger partial charge in [-0.05, 0) is 37.3 Å². The second-order valence-electron chi connectivity index (χ2n) is 5.66. The zero-order valence-corrected chi connectivity index (χ0v) is 15.3. The summed E-state index contributed by atoms with van der Waals surface area (Å²) in [6.45, 7) is 1.71. The van der Waals surface area contributed by atoms with Gasteiger partial charge in [0.05, 0.1) is 24.1 Å². The molecule has 0 radical (unpaired) electrons. The molecule has 0 aliphatic heterocycles. The molecular weight excluding hydrogens is 373 g/mol. The zero-order chi connectivity index (χ0) is 19.6. The number of anilines is 1. The number of para-hydroxylation sites is 1. The maximum absolute atomic E-state index is 14.3. The third-order valence-corrected chi connectivity index (χ3v) is 5.10. The minimum atomic E-state index is -4.25. The second kappa shape index (κ2) is 7.20. The molecule has 1 heterocycles. The monoisotopic (exact) mass is 389 g/mol. The summed E-state index contributed by atoms with van der Waals surface area (Å²) in [5.41, 5.74) is 1.14. The molecule has 0 saturated heterocycles. The molecule has 0 spiro atoms. The molecule has 1 aromatic heterocycles. The number of ether oxygens (including phenoxy) is 1. The van der Waals surface area contributed by atoms with E-state index in [1.807, 2.05) is 6.07 Å². The average molecular weight is 389 g/mol. The van der Waals surface area contributed by atoms with Gasteiger partial charge >= 0.3 is 5.97 Å². The number of rotatable bonds is 5. The van der Waals surface area contributed by atoms with E-state index in [4.69, 9.17) is 0 Å². The molecule has 0 amide bonds. The van der Waals surface area contributed by atoms with Gasteiger partial charge in [-0.15, -0.1) is 0 Å². The van der Waals surface area contributed by atoms with Crippen LogP contribution in [0.4, 0.5) is 10.2 Å². The Hall–Kier alpha value is -3.20. The number of halogens is 1. The van der Waals surface area contributed by atoms with E-state index in [1.54, 1.807) is 31.2 Å². The van der Waals surface area contributed by atoms with E-state index in [-0.39, 0.29) is 11.4 Å². The average Bonchev–Trinajstić information content (AvgIpc) is 3.00. The third kappa shape index (κ3) is 3.82. The summed E-state index contributed by atoms with van der Waals surface area (Å²) < 4.78 is 47.9. The lowest BCUT2D eigenvalue weighted by Crippen LogP contribution is -2.17. The number of nitrogens with one attached hydrogen (secondary N) is 1. The molecule has 0 atom stereocenters. The molecule has 9 heteroatoms. The van der Waals surface area contributed by atoms with Crippen LogP contribution < -0.4 is 4.72 Å². The molecule has 140 valence electrons. The highest BCUT2D eigenvalue weighted by atomic mass is 32.2. The van der Waals surface area contributed by atoms with Crippen molar-refractivity contribution in [1.29, 1.82) is 0 Å². The number of aryl methyl sites for hydroxylation is 1. The van der Waals surface area contributed by atoms with E-state index in [9.17, 15) is 17.6 Å². The summed E-state index contributed by atoms with van der Waals surface area (Å²) in [5, 5.41) is 4.26. The molecule has 0 saturated carbocycles. The number of hydrogen-bond acceptors (Lipinski definition) is 5. The van der Waals surface area contributed by atoms with Crippen LogP contribution in [0.5, 0.6) is 0 Å². The Morgan fingerprint density at radius 3 is 2.48 bits per heavy atom. The maximum atomic E-state index is 14.3. The Labute approximate surface area is 155 Å². The van der Waals surface area contributed by atoms with E-state index in [2.05, 4.69) is 14.6 Å². The fourth-order valence-electron chi connectivity index (χ4n) is 2.49. The maximum Gasteiger partial charge on any atom is 0.337 e. The molecule has 2 aromatic carbocycles. The van der Waals surface area contributed by atoms with Crippen LogP contribution in [0.25, 0.3) is 5.69 Å². The van der Waals surface area contributed by atoms with E-state index in [0.717, 1.165) is 19.2 Å². The van der Waals surface area contributed by atoms with Crippen LogP contribution in [-0.4, -0.2) is 31.3 Å². The molecule has 0 unspecified atom stereocenters. The Morgan fingerprint density at radius 1 is 1.15 bits per heavy atom. The largest absolute Gasteiger partial charge is 0.465 e. The number of carbonyl (C=O) groups is 1. The van der Waals surface area contributed by atoms with Crippen molar-refractivity contribution >= 4 is 21.8 Å². The van der Waals surface area contributed by atoms with Crippen LogP contribution in [0.2, 0.25) is 0 Å². The minimum Gasteiger partial charge on any atom is -0.465 e. The molecule has 3 rings (SSSR count). The number of esters is 1. The van der Waals surface area contributed by atoms with E-state index < -0.39 is 26.7 Å². The van der Waals surface area contributed by atoms with Crippen LogP contribution in [0, 0.1) is 12.7 Å². The van der Waals surface area contributed by atoms with Crippen LogP contribution in [0.15, 0.2) is 59.5 Å². The Morgan fingerprint density at radius 2 is 1.85 bits per heavy atom. The summed E-state index contributed by atoms with van der Waals surface area (Å²) in [6.07, 6.45) is 0. The quantitative estimate of drug-likeness (QED) is 0.678. The number of methoxy groups -OCH3 is 1. The number of aromatic nitrogens is 2. The lowest BCUT2D eigenvalue weighted by Gasteiger charge is -2.11. The van der Waals surface area contributed by atoms with Crippen LogP contribution in [-0.2, 0) is 14.8 Å². The highest BCUT2D eigenvalue weighted by Gasteiger charge is 2.23. The van der Waals surface area contributed by atoms with Crippen LogP contribution in [0.1, 0.15) is 16.1 Å². The summed E-state index contributed by atoms with van der Waals surface area (Å²) in [5.74, 6) is -1.66. The topological polar surface area (TPSA) is 90.3 Å². The van der Waals surface area contributed by atoms with Gasteiger partial charge in [0.15, 0.2) is 0 Å². The normalized spacial score (nSPS) is 11.2. The Bertz CT molecular complexity index is 1100. The first-order valence-electron chi connectivity index (χ1n) is 7.84. The highest BCUT2D eigenvalue weighted by Crippen LogP contribution is 2.23. The van der Waals surface area contributed by atoms with Gasteiger partial charge in [0, 0.05) is 6.07 Å². The SMILES string of the molecule is COC(=O)c1ccc(S(=O)(=O)Nc2cc(C)nn2-c2ccccc2)c(F)c1. The van der Waals surface area contributed by atoms with E-state index in [0.29, 0.717) is 11.4 Å². The highest BCUT2D eigenvalue weighted by molar-refractivity contribution is 7.92. The van der Waals surface area contributed by atoms with Crippen molar-refractivity contribution in [1.82, 2.24) is 9.78 Å². The lowest BCUT2D eigenvalue weighted by atomic mass is 10.2. The van der Waals surface area contributed by atoms with Crippen molar-refractivity contribution in [2.24, 2.45) is 0 Å². The third-order valence-electron chi connectivity index (χ3n) is 3.71. The number of carbonyl (C=O) groups excluding carboxylic acids is 1. The van der Waals surface area contributed by atoms with Gasteiger partial charge in [0.25, 0.3) is 10.0 Å². The molecule has 7 nitrogen and oxygen atoms in total. The lowest BCUT2D eigenvalue weighted by molar-refractivity contribution is 0.0600. The molecule has 3 aromatic rings. The van der Waals surface area contributed by atoms with Crippen molar-refractivity contribution in [3.63, 3.8) is 0 Å². The van der Waals surface area contributed by atoms with Gasteiger partial charge in [-0.3, -0.25) is 4.72 Å². The molecule has 1 N–H and O–H groups in total. The van der Waals surface area contributed by atoms with Gasteiger partial charge in [0.1, 0.15) is 16.5 Å². The van der Waals surface area contributed by atoms with Crippen molar-refractivity contribution in [2.75, 3.05) is 11.8 Å². The molecule has 27 heavy (non-hydrogen) atoms. The predicted molar refractivity (Wildman–Crippen MR) is 96.8 cm³/mol. The number of sulfonamides is 1. The van der Waals surface area contributed by atoms with Gasteiger partial charge in [-0.1, -0.05) is 18.2 Å². The van der Waals surface area contributed by atoms with Crippen molar-refractivity contribution in [3.05, 3.63) is 71.7 Å². The molecule has 0 bridgehead atoms. The van der Waals surface area contributed by atoms with Crippen molar-refractivity contribution in [3.8, 4) is 5.69 Å². The van der Waals surface area contributed by atoms with Gasteiger partial charge in [-0.25, -0.2) is 22.3 Å². The summed E-state index contributed by atoms with van der Waals surface area (Å²) in [4.78, 5) is 10.9. The first kappa shape index (κ1) is 18.6.